The number of halogens is 1. The zero-order valence-electron chi connectivity index (χ0n) is 12.2. The summed E-state index contributed by atoms with van der Waals surface area (Å²) in [4.78, 5) is 0. The van der Waals surface area contributed by atoms with E-state index < -0.39 is 9.84 Å². The van der Waals surface area contributed by atoms with Gasteiger partial charge in [-0.15, -0.1) is 0 Å². The average molecular weight is 378 g/mol. The highest BCUT2D eigenvalue weighted by atomic mass is 79.9. The molecule has 0 aromatic heterocycles. The van der Waals surface area contributed by atoms with Crippen LogP contribution < -0.4 is 14.8 Å². The summed E-state index contributed by atoms with van der Waals surface area (Å²) in [6.07, 6.45) is 2.18. The van der Waals surface area contributed by atoms with Crippen molar-refractivity contribution < 1.29 is 17.9 Å². The molecule has 1 atom stereocenters. The predicted molar refractivity (Wildman–Crippen MR) is 85.9 cm³/mol. The molecule has 2 rings (SSSR count). The van der Waals surface area contributed by atoms with Gasteiger partial charge in [-0.1, -0.05) is 22.9 Å². The number of ether oxygens (including phenoxy) is 2. The van der Waals surface area contributed by atoms with Gasteiger partial charge in [0.15, 0.2) is 11.5 Å². The van der Waals surface area contributed by atoms with E-state index in [2.05, 4.69) is 21.2 Å². The Hall–Kier alpha value is -0.790. The van der Waals surface area contributed by atoms with E-state index in [0.717, 1.165) is 23.0 Å². The summed E-state index contributed by atoms with van der Waals surface area (Å²) < 4.78 is 35.3. The van der Waals surface area contributed by atoms with Gasteiger partial charge in [0.05, 0.1) is 5.75 Å². The second kappa shape index (κ2) is 6.98. The van der Waals surface area contributed by atoms with Crippen molar-refractivity contribution in [3.63, 3.8) is 0 Å². The molecule has 0 radical (unpaired) electrons. The smallest absolute Gasteiger partial charge is 0.162 e. The number of hydrogen-bond donors (Lipinski definition) is 1. The molecule has 1 N–H and O–H groups in total. The van der Waals surface area contributed by atoms with Gasteiger partial charge in [-0.3, -0.25) is 0 Å². The van der Waals surface area contributed by atoms with Gasteiger partial charge in [-0.25, -0.2) is 8.42 Å². The van der Waals surface area contributed by atoms with Crippen molar-refractivity contribution in [3.8, 4) is 11.5 Å². The summed E-state index contributed by atoms with van der Waals surface area (Å²) >= 11 is 3.51. The highest BCUT2D eigenvalue weighted by molar-refractivity contribution is 9.10. The fourth-order valence-corrected chi connectivity index (χ4v) is 3.73. The fraction of sp³-hybridized carbons (Fsp3) is 0.571. The van der Waals surface area contributed by atoms with Gasteiger partial charge < -0.3 is 14.8 Å². The monoisotopic (exact) mass is 377 g/mol. The van der Waals surface area contributed by atoms with Gasteiger partial charge in [0, 0.05) is 16.8 Å². The minimum absolute atomic E-state index is 0.0469. The summed E-state index contributed by atoms with van der Waals surface area (Å²) in [6, 6.07) is 3.43. The molecule has 1 aromatic rings. The maximum Gasteiger partial charge on any atom is 0.162 e. The Morgan fingerprint density at radius 1 is 1.29 bits per heavy atom. The lowest BCUT2D eigenvalue weighted by molar-refractivity contribution is 0.171. The number of nitrogens with one attached hydrogen (secondary N) is 1. The molecule has 1 heterocycles. The van der Waals surface area contributed by atoms with Gasteiger partial charge in [0.1, 0.15) is 23.1 Å². The summed E-state index contributed by atoms with van der Waals surface area (Å²) in [5.74, 6) is 1.40. The highest BCUT2D eigenvalue weighted by Crippen LogP contribution is 2.38. The molecule has 0 bridgehead atoms. The molecule has 118 valence electrons. The zero-order valence-corrected chi connectivity index (χ0v) is 14.6. The molecular weight excluding hydrogens is 358 g/mol. The normalized spacial score (nSPS) is 15.8. The third-order valence-electron chi connectivity index (χ3n) is 3.15. The Morgan fingerprint density at radius 2 is 1.90 bits per heavy atom. The van der Waals surface area contributed by atoms with E-state index in [1.165, 1.54) is 6.26 Å². The molecule has 7 heteroatoms. The molecular formula is C14H20BrNO4S. The largest absolute Gasteiger partial charge is 0.486 e. The zero-order chi connectivity index (χ0) is 15.5. The van der Waals surface area contributed by atoms with E-state index in [9.17, 15) is 8.42 Å². The molecule has 1 aliphatic heterocycles. The summed E-state index contributed by atoms with van der Waals surface area (Å²) in [5.41, 5.74) is 0.873. The number of rotatable bonds is 6. The first-order valence-electron chi connectivity index (χ1n) is 6.91. The minimum atomic E-state index is -3.10. The standard InChI is InChI=1S/C14H20BrNO4S/c1-3-4-16-12(9-21(2,17)18)10-7-13-14(8-11(10)15)20-6-5-19-13/h7-8,12,16H,3-6,9H2,1-2H3. The van der Waals surface area contributed by atoms with Crippen LogP contribution in [0.15, 0.2) is 16.6 Å². The molecule has 0 amide bonds. The molecule has 0 saturated heterocycles. The Labute approximate surface area is 134 Å². The maximum absolute atomic E-state index is 11.7. The second-order valence-electron chi connectivity index (χ2n) is 5.12. The van der Waals surface area contributed by atoms with Crippen LogP contribution in [0, 0.1) is 0 Å². The van der Waals surface area contributed by atoms with Crippen LogP contribution in [0.25, 0.3) is 0 Å². The molecule has 0 aliphatic carbocycles. The SMILES string of the molecule is CCCNC(CS(C)(=O)=O)c1cc2c(cc1Br)OCCO2. The molecule has 0 saturated carbocycles. The van der Waals surface area contributed by atoms with E-state index in [4.69, 9.17) is 9.47 Å². The van der Waals surface area contributed by atoms with E-state index in [-0.39, 0.29) is 11.8 Å². The molecule has 0 spiro atoms. The van der Waals surface area contributed by atoms with E-state index in [0.29, 0.717) is 24.7 Å². The van der Waals surface area contributed by atoms with Gasteiger partial charge in [0.25, 0.3) is 0 Å². The summed E-state index contributed by atoms with van der Waals surface area (Å²) in [6.45, 7) is 3.83. The van der Waals surface area contributed by atoms with Gasteiger partial charge >= 0.3 is 0 Å². The van der Waals surface area contributed by atoms with E-state index >= 15 is 0 Å². The van der Waals surface area contributed by atoms with Crippen LogP contribution >= 0.6 is 15.9 Å². The summed E-state index contributed by atoms with van der Waals surface area (Å²) in [5, 5.41) is 3.28. The predicted octanol–water partition coefficient (Wildman–Crippen LogP) is 2.31. The number of benzene rings is 1. The van der Waals surface area contributed by atoms with Gasteiger partial charge in [-0.05, 0) is 30.7 Å². The van der Waals surface area contributed by atoms with Crippen LogP contribution in [-0.4, -0.2) is 40.2 Å². The minimum Gasteiger partial charge on any atom is -0.486 e. The van der Waals surface area contributed by atoms with Crippen LogP contribution in [0.1, 0.15) is 24.9 Å². The molecule has 0 fully saturated rings. The maximum atomic E-state index is 11.7. The van der Waals surface area contributed by atoms with Gasteiger partial charge in [0.2, 0.25) is 0 Å². The Kier molecular flexibility index (Phi) is 5.51. The second-order valence-corrected chi connectivity index (χ2v) is 8.16. The fourth-order valence-electron chi connectivity index (χ4n) is 2.23. The Morgan fingerprint density at radius 3 is 2.48 bits per heavy atom. The van der Waals surface area contributed by atoms with Crippen LogP contribution in [0.5, 0.6) is 11.5 Å². The Bertz CT molecular complexity index is 603. The van der Waals surface area contributed by atoms with Crippen LogP contribution in [0.3, 0.4) is 0 Å². The van der Waals surface area contributed by atoms with Crippen molar-refractivity contribution in [2.24, 2.45) is 0 Å². The lowest BCUT2D eigenvalue weighted by Gasteiger charge is -2.24. The summed E-state index contributed by atoms with van der Waals surface area (Å²) in [7, 11) is -3.10. The number of sulfone groups is 1. The first kappa shape index (κ1) is 16.6. The van der Waals surface area contributed by atoms with Crippen LogP contribution in [0.4, 0.5) is 0 Å². The Balaban J connectivity index is 2.34. The van der Waals surface area contributed by atoms with Crippen molar-refractivity contribution in [1.29, 1.82) is 0 Å². The van der Waals surface area contributed by atoms with Gasteiger partial charge in [-0.2, -0.15) is 0 Å². The van der Waals surface area contributed by atoms with Crippen molar-refractivity contribution >= 4 is 25.8 Å². The molecule has 1 aliphatic rings. The van der Waals surface area contributed by atoms with Crippen LogP contribution in [0.2, 0.25) is 0 Å². The highest BCUT2D eigenvalue weighted by Gasteiger charge is 2.23. The molecule has 5 nitrogen and oxygen atoms in total. The topological polar surface area (TPSA) is 64.6 Å². The van der Waals surface area contributed by atoms with E-state index in [1.807, 2.05) is 19.1 Å². The first-order valence-corrected chi connectivity index (χ1v) is 9.76. The first-order chi connectivity index (χ1) is 9.90. The van der Waals surface area contributed by atoms with Crippen molar-refractivity contribution in [2.45, 2.75) is 19.4 Å². The molecule has 1 aromatic carbocycles. The third kappa shape index (κ3) is 4.59. The third-order valence-corrected chi connectivity index (χ3v) is 4.77. The van der Waals surface area contributed by atoms with Crippen LogP contribution in [-0.2, 0) is 9.84 Å². The molecule has 1 unspecified atom stereocenters. The average Bonchev–Trinajstić information content (AvgIpc) is 2.41. The number of fused-ring (bicyclic) bond motifs is 1. The lowest BCUT2D eigenvalue weighted by atomic mass is 10.1. The lowest BCUT2D eigenvalue weighted by Crippen LogP contribution is -2.29. The van der Waals surface area contributed by atoms with Crippen molar-refractivity contribution in [3.05, 3.63) is 22.2 Å². The number of hydrogen-bond acceptors (Lipinski definition) is 5. The van der Waals surface area contributed by atoms with Crippen molar-refractivity contribution in [1.82, 2.24) is 5.32 Å². The van der Waals surface area contributed by atoms with E-state index in [1.54, 1.807) is 0 Å². The van der Waals surface area contributed by atoms with Crippen molar-refractivity contribution in [2.75, 3.05) is 31.8 Å². The molecule has 21 heavy (non-hydrogen) atoms. The quantitative estimate of drug-likeness (QED) is 0.823.